The molecule has 2 heterocycles. The third-order valence-corrected chi connectivity index (χ3v) is 10.4. The van der Waals surface area contributed by atoms with Crippen molar-refractivity contribution in [2.24, 2.45) is 4.99 Å². The van der Waals surface area contributed by atoms with Gasteiger partial charge >= 0.3 is 0 Å². The maximum absolute atomic E-state index is 14.3. The predicted octanol–water partition coefficient (Wildman–Crippen LogP) is 7.34. The van der Waals surface area contributed by atoms with Crippen LogP contribution in [0.4, 0.5) is 0 Å². The Morgan fingerprint density at radius 2 is 1.70 bits per heavy atom. The van der Waals surface area contributed by atoms with E-state index in [1.165, 1.54) is 16.9 Å². The Bertz CT molecular complexity index is 2240. The van der Waals surface area contributed by atoms with E-state index < -0.39 is 0 Å². The Balaban J connectivity index is 1.35. The third kappa shape index (κ3) is 5.77. The van der Waals surface area contributed by atoms with Gasteiger partial charge in [-0.3, -0.25) is 9.36 Å². The van der Waals surface area contributed by atoms with Crippen molar-refractivity contribution in [3.05, 3.63) is 141 Å². The van der Waals surface area contributed by atoms with E-state index >= 15 is 0 Å². The molecule has 7 nitrogen and oxygen atoms in total. The number of fused-ring (bicyclic) bond motifs is 3. The Kier molecular flexibility index (Phi) is 8.70. The summed E-state index contributed by atoms with van der Waals surface area (Å²) in [6.07, 6.45) is 3.53. The van der Waals surface area contributed by atoms with Gasteiger partial charge in [0.15, 0.2) is 27.8 Å². The fourth-order valence-electron chi connectivity index (χ4n) is 6.23. The van der Waals surface area contributed by atoms with Gasteiger partial charge in [-0.25, -0.2) is 4.99 Å². The van der Waals surface area contributed by atoms with Gasteiger partial charge in [0.05, 0.1) is 42.1 Å². The minimum atomic E-state index is -0.349. The zero-order chi connectivity index (χ0) is 32.7. The van der Waals surface area contributed by atoms with Crippen LogP contribution in [0, 0.1) is 0 Å². The number of hydrogen-bond donors (Lipinski definition) is 0. The summed E-state index contributed by atoms with van der Waals surface area (Å²) in [6.45, 7) is 0.274. The highest BCUT2D eigenvalue weighted by molar-refractivity contribution is 9.10. The molecule has 4 aromatic carbocycles. The molecule has 1 atom stereocenters. The number of hydrogen-bond acceptors (Lipinski definition) is 7. The number of nitrogens with zero attached hydrogens (tertiary/aromatic N) is 2. The molecule has 238 valence electrons. The maximum Gasteiger partial charge on any atom is 0.271 e. The number of methoxy groups -OCH3 is 3. The number of halogens is 2. The van der Waals surface area contributed by atoms with Gasteiger partial charge < -0.3 is 18.9 Å². The molecule has 0 spiro atoms. The molecule has 2 aliphatic rings. The lowest BCUT2D eigenvalue weighted by Gasteiger charge is -2.31. The summed E-state index contributed by atoms with van der Waals surface area (Å²) < 4.78 is 26.1. The largest absolute Gasteiger partial charge is 0.493 e. The molecule has 1 aliphatic carbocycles. The molecule has 0 fully saturated rings. The highest BCUT2D eigenvalue weighted by atomic mass is 79.9. The van der Waals surface area contributed by atoms with Gasteiger partial charge in [0.25, 0.3) is 5.56 Å². The first-order valence-electron chi connectivity index (χ1n) is 15.0. The molecule has 0 N–H and O–H groups in total. The number of allylic oxidation sites excluding steroid dienone is 1. The van der Waals surface area contributed by atoms with Crippen molar-refractivity contribution in [2.75, 3.05) is 21.3 Å². The first kappa shape index (κ1) is 31.3. The van der Waals surface area contributed by atoms with Gasteiger partial charge in [-0.05, 0) is 87.4 Å². The summed E-state index contributed by atoms with van der Waals surface area (Å²) in [5.41, 5.74) is 6.87. The Morgan fingerprint density at radius 1 is 0.936 bits per heavy atom. The van der Waals surface area contributed by atoms with Crippen molar-refractivity contribution in [3.63, 3.8) is 0 Å². The molecule has 47 heavy (non-hydrogen) atoms. The minimum absolute atomic E-state index is 0.118. The Hall–Kier alpha value is -4.31. The summed E-state index contributed by atoms with van der Waals surface area (Å²) in [5, 5.41) is 0.631. The molecule has 1 aromatic heterocycles. The number of rotatable bonds is 8. The van der Waals surface area contributed by atoms with E-state index in [-0.39, 0.29) is 18.2 Å². The molecule has 10 heteroatoms. The van der Waals surface area contributed by atoms with Gasteiger partial charge in [0.2, 0.25) is 0 Å². The van der Waals surface area contributed by atoms with Gasteiger partial charge in [-0.15, -0.1) is 0 Å². The van der Waals surface area contributed by atoms with Crippen molar-refractivity contribution in [2.45, 2.75) is 25.5 Å². The van der Waals surface area contributed by atoms with Crippen LogP contribution in [-0.4, -0.2) is 25.9 Å². The van der Waals surface area contributed by atoms with E-state index in [4.69, 9.17) is 35.5 Å². The lowest BCUT2D eigenvalue weighted by Crippen LogP contribution is -2.38. The number of aryl methyl sites for hydroxylation is 1. The Morgan fingerprint density at radius 3 is 2.49 bits per heavy atom. The molecule has 0 saturated carbocycles. The second-order valence-corrected chi connectivity index (χ2v) is 13.4. The second-order valence-electron chi connectivity index (χ2n) is 11.1. The van der Waals surface area contributed by atoms with Gasteiger partial charge in [0, 0.05) is 16.1 Å². The molecule has 5 aromatic rings. The molecule has 0 saturated heterocycles. The van der Waals surface area contributed by atoms with E-state index in [2.05, 4.69) is 34.1 Å². The summed E-state index contributed by atoms with van der Waals surface area (Å²) >= 11 is 11.4. The van der Waals surface area contributed by atoms with Gasteiger partial charge in [0.1, 0.15) is 6.61 Å². The first-order chi connectivity index (χ1) is 22.9. The quantitative estimate of drug-likeness (QED) is 0.167. The Labute approximate surface area is 289 Å². The van der Waals surface area contributed by atoms with Crippen molar-refractivity contribution >= 4 is 50.6 Å². The van der Waals surface area contributed by atoms with Crippen LogP contribution in [-0.2, 0) is 13.0 Å². The molecule has 1 aliphatic heterocycles. The van der Waals surface area contributed by atoms with Crippen LogP contribution in [0.2, 0.25) is 5.02 Å². The van der Waals surface area contributed by atoms with Crippen LogP contribution < -0.4 is 33.8 Å². The highest BCUT2D eigenvalue weighted by Gasteiger charge is 2.33. The molecule has 7 rings (SSSR count). The predicted molar refractivity (Wildman–Crippen MR) is 189 cm³/mol. The van der Waals surface area contributed by atoms with Crippen molar-refractivity contribution < 1.29 is 18.9 Å². The smallest absolute Gasteiger partial charge is 0.271 e. The van der Waals surface area contributed by atoms with Crippen LogP contribution >= 0.6 is 38.9 Å². The van der Waals surface area contributed by atoms with E-state index in [1.807, 2.05) is 71.3 Å². The van der Waals surface area contributed by atoms with Crippen molar-refractivity contribution in [3.8, 4) is 23.0 Å². The lowest BCUT2D eigenvalue weighted by molar-refractivity contribution is 0.282. The van der Waals surface area contributed by atoms with Gasteiger partial charge in [-0.1, -0.05) is 71.5 Å². The summed E-state index contributed by atoms with van der Waals surface area (Å²) in [6, 6.07) is 25.2. The summed E-state index contributed by atoms with van der Waals surface area (Å²) in [4.78, 5) is 20.1. The van der Waals surface area contributed by atoms with E-state index in [1.54, 1.807) is 21.3 Å². The number of benzene rings is 4. The highest BCUT2D eigenvalue weighted by Crippen LogP contribution is 2.43. The molecule has 0 bridgehead atoms. The third-order valence-electron chi connectivity index (χ3n) is 8.48. The van der Waals surface area contributed by atoms with E-state index in [0.29, 0.717) is 41.8 Å². The number of thiazole rings is 1. The molecular weight excluding hydrogens is 700 g/mol. The molecule has 0 amide bonds. The average molecular weight is 730 g/mol. The fourth-order valence-corrected chi connectivity index (χ4v) is 7.99. The van der Waals surface area contributed by atoms with Crippen LogP contribution in [0.1, 0.15) is 40.3 Å². The first-order valence-corrected chi connectivity index (χ1v) is 17.0. The van der Waals surface area contributed by atoms with Crippen LogP contribution in [0.25, 0.3) is 11.8 Å². The lowest BCUT2D eigenvalue weighted by atomic mass is 9.83. The van der Waals surface area contributed by atoms with Crippen molar-refractivity contribution in [1.82, 2.24) is 4.57 Å². The van der Waals surface area contributed by atoms with Crippen LogP contribution in [0.15, 0.2) is 98.7 Å². The fraction of sp³-hybridized carbons (Fsp3) is 0.189. The second kappa shape index (κ2) is 13.1. The minimum Gasteiger partial charge on any atom is -0.493 e. The monoisotopic (exact) mass is 728 g/mol. The van der Waals surface area contributed by atoms with E-state index in [9.17, 15) is 4.79 Å². The average Bonchev–Trinajstić information content (AvgIpc) is 3.40. The number of aromatic nitrogens is 1. The number of ether oxygens (including phenoxy) is 4. The summed E-state index contributed by atoms with van der Waals surface area (Å²) in [5.74, 6) is 2.31. The summed E-state index contributed by atoms with van der Waals surface area (Å²) in [7, 11) is 4.83. The maximum atomic E-state index is 14.3. The SMILES string of the molecule is COc1ccc([C@@H]2C3=C(N=c4s/c(=C\c5cc(Br)c(OCc6ccccc6Cl)c(OC)c5)c(=O)n42)c2ccccc2CC3)cc1OC. The molecule has 0 unspecified atom stereocenters. The standard InChI is InChI=1S/C37H30BrClN2O5S/c1-43-29-15-13-23(19-30(29)44-2)34-26-14-12-22-8-4-6-10-25(22)33(26)40-37-41(34)36(42)32(47-37)18-21-16-27(38)35(31(17-21)45-3)46-20-24-9-5-7-11-28(24)39/h4-11,13,15-19,34H,12,14,20H2,1-3H3/b32-18-/t34-/m1/s1. The molecular formula is C37H30BrClN2O5S. The zero-order valence-electron chi connectivity index (χ0n) is 25.9. The molecule has 0 radical (unpaired) electrons. The van der Waals surface area contributed by atoms with Crippen LogP contribution in [0.5, 0.6) is 23.0 Å². The topological polar surface area (TPSA) is 71.3 Å². The zero-order valence-corrected chi connectivity index (χ0v) is 29.0. The van der Waals surface area contributed by atoms with E-state index in [0.717, 1.165) is 46.4 Å². The van der Waals surface area contributed by atoms with Crippen LogP contribution in [0.3, 0.4) is 0 Å². The van der Waals surface area contributed by atoms with Crippen molar-refractivity contribution in [1.29, 1.82) is 0 Å². The van der Waals surface area contributed by atoms with Gasteiger partial charge in [-0.2, -0.15) is 0 Å². The normalized spacial score (nSPS) is 15.3.